The Morgan fingerprint density at radius 2 is 0.889 bits per heavy atom. The standard InChI is InChI=1S/C34H24N2/c1-2-12-30(13-3-1)35-21-20-29-24-33(18-19-34(29)35)36(31-16-14-25-8-4-6-10-27(25)22-31)32-17-15-26-9-5-7-11-28(26)23-32/h1-24H. The average molecular weight is 461 g/mol. The Hall–Kier alpha value is -4.82. The van der Waals surface area contributed by atoms with E-state index in [-0.39, 0.29) is 0 Å². The highest BCUT2D eigenvalue weighted by atomic mass is 15.1. The van der Waals surface area contributed by atoms with Gasteiger partial charge < -0.3 is 9.47 Å². The molecule has 7 rings (SSSR count). The molecule has 1 aromatic heterocycles. The van der Waals surface area contributed by atoms with Crippen LogP contribution >= 0.6 is 0 Å². The molecule has 0 bridgehead atoms. The van der Waals surface area contributed by atoms with Crippen LogP contribution in [0.25, 0.3) is 38.1 Å². The van der Waals surface area contributed by atoms with E-state index in [0.29, 0.717) is 0 Å². The van der Waals surface area contributed by atoms with E-state index >= 15 is 0 Å². The predicted octanol–water partition coefficient (Wildman–Crippen LogP) is 9.41. The average Bonchev–Trinajstić information content (AvgIpc) is 3.37. The van der Waals surface area contributed by atoms with Crippen molar-refractivity contribution in [3.8, 4) is 5.69 Å². The van der Waals surface area contributed by atoms with Crippen LogP contribution in [0.5, 0.6) is 0 Å². The largest absolute Gasteiger partial charge is 0.317 e. The van der Waals surface area contributed by atoms with Gasteiger partial charge in [0.05, 0.1) is 5.52 Å². The summed E-state index contributed by atoms with van der Waals surface area (Å²) in [6.45, 7) is 0. The maximum absolute atomic E-state index is 2.36. The van der Waals surface area contributed by atoms with Gasteiger partial charge in [-0.2, -0.15) is 0 Å². The molecule has 0 radical (unpaired) electrons. The van der Waals surface area contributed by atoms with Crippen molar-refractivity contribution < 1.29 is 0 Å². The second kappa shape index (κ2) is 8.44. The first-order chi connectivity index (χ1) is 17.8. The summed E-state index contributed by atoms with van der Waals surface area (Å²) in [5, 5.41) is 6.17. The van der Waals surface area contributed by atoms with Gasteiger partial charge in [0.1, 0.15) is 0 Å². The zero-order valence-corrected chi connectivity index (χ0v) is 19.8. The number of para-hydroxylation sites is 1. The van der Waals surface area contributed by atoms with Crippen LogP contribution in [-0.2, 0) is 0 Å². The minimum absolute atomic E-state index is 1.14. The molecule has 6 aromatic carbocycles. The molecule has 170 valence electrons. The Bertz CT molecular complexity index is 1770. The van der Waals surface area contributed by atoms with Crippen LogP contribution in [0.15, 0.2) is 146 Å². The number of anilines is 3. The fourth-order valence-electron chi connectivity index (χ4n) is 5.16. The molecule has 0 spiro atoms. The topological polar surface area (TPSA) is 8.17 Å². The number of aromatic nitrogens is 1. The normalized spacial score (nSPS) is 11.3. The molecule has 0 amide bonds. The lowest BCUT2D eigenvalue weighted by Crippen LogP contribution is -2.10. The monoisotopic (exact) mass is 460 g/mol. The molecule has 0 atom stereocenters. The van der Waals surface area contributed by atoms with Crippen molar-refractivity contribution in [3.63, 3.8) is 0 Å². The molecule has 36 heavy (non-hydrogen) atoms. The van der Waals surface area contributed by atoms with Crippen molar-refractivity contribution in [1.29, 1.82) is 0 Å². The maximum Gasteiger partial charge on any atom is 0.0529 e. The lowest BCUT2D eigenvalue weighted by Gasteiger charge is -2.26. The zero-order valence-electron chi connectivity index (χ0n) is 19.8. The first-order valence-corrected chi connectivity index (χ1v) is 12.3. The van der Waals surface area contributed by atoms with Crippen LogP contribution in [0.3, 0.4) is 0 Å². The molecular weight excluding hydrogens is 436 g/mol. The van der Waals surface area contributed by atoms with E-state index in [1.165, 1.54) is 38.1 Å². The molecular formula is C34H24N2. The highest BCUT2D eigenvalue weighted by Crippen LogP contribution is 2.39. The zero-order chi connectivity index (χ0) is 23.9. The highest BCUT2D eigenvalue weighted by Gasteiger charge is 2.15. The Morgan fingerprint density at radius 1 is 0.389 bits per heavy atom. The molecule has 7 aromatic rings. The number of rotatable bonds is 4. The van der Waals surface area contributed by atoms with Crippen LogP contribution in [0.1, 0.15) is 0 Å². The molecule has 1 heterocycles. The Balaban J connectivity index is 1.41. The number of hydrogen-bond donors (Lipinski definition) is 0. The molecule has 0 saturated heterocycles. The van der Waals surface area contributed by atoms with Crippen LogP contribution in [-0.4, -0.2) is 4.57 Å². The molecule has 0 saturated carbocycles. The van der Waals surface area contributed by atoms with Gasteiger partial charge in [-0.25, -0.2) is 0 Å². The summed E-state index contributed by atoms with van der Waals surface area (Å²) in [4.78, 5) is 2.36. The number of fused-ring (bicyclic) bond motifs is 3. The van der Waals surface area contributed by atoms with E-state index in [9.17, 15) is 0 Å². The summed E-state index contributed by atoms with van der Waals surface area (Å²) >= 11 is 0. The number of benzene rings is 6. The van der Waals surface area contributed by atoms with Crippen LogP contribution in [0.4, 0.5) is 17.1 Å². The lowest BCUT2D eigenvalue weighted by molar-refractivity contribution is 1.13. The van der Waals surface area contributed by atoms with Gasteiger partial charge in [-0.1, -0.05) is 78.9 Å². The van der Waals surface area contributed by atoms with Crippen molar-refractivity contribution in [2.24, 2.45) is 0 Å². The third-order valence-corrected chi connectivity index (χ3v) is 6.95. The second-order valence-corrected chi connectivity index (χ2v) is 9.16. The van der Waals surface area contributed by atoms with Crippen molar-refractivity contribution in [3.05, 3.63) is 146 Å². The predicted molar refractivity (Wildman–Crippen MR) is 153 cm³/mol. The molecule has 0 aliphatic heterocycles. The minimum Gasteiger partial charge on any atom is -0.317 e. The van der Waals surface area contributed by atoms with Crippen LogP contribution in [0, 0.1) is 0 Å². The van der Waals surface area contributed by atoms with Gasteiger partial charge in [-0.3, -0.25) is 0 Å². The number of hydrogen-bond acceptors (Lipinski definition) is 1. The van der Waals surface area contributed by atoms with Gasteiger partial charge in [-0.05, 0) is 82.2 Å². The Labute approximate surface area is 210 Å². The van der Waals surface area contributed by atoms with E-state index in [1.807, 2.05) is 0 Å². The molecule has 0 unspecified atom stereocenters. The van der Waals surface area contributed by atoms with E-state index < -0.39 is 0 Å². The molecule has 0 N–H and O–H groups in total. The third-order valence-electron chi connectivity index (χ3n) is 6.95. The van der Waals surface area contributed by atoms with Crippen molar-refractivity contribution in [1.82, 2.24) is 4.57 Å². The van der Waals surface area contributed by atoms with Crippen molar-refractivity contribution >= 4 is 49.5 Å². The van der Waals surface area contributed by atoms with E-state index in [2.05, 4.69) is 155 Å². The fraction of sp³-hybridized carbons (Fsp3) is 0. The lowest BCUT2D eigenvalue weighted by atomic mass is 10.1. The van der Waals surface area contributed by atoms with Crippen LogP contribution < -0.4 is 4.90 Å². The highest BCUT2D eigenvalue weighted by molar-refractivity contribution is 5.94. The van der Waals surface area contributed by atoms with Crippen molar-refractivity contribution in [2.45, 2.75) is 0 Å². The molecule has 0 aliphatic rings. The minimum atomic E-state index is 1.14. The SMILES string of the molecule is c1ccc(-n2ccc3cc(N(c4ccc5ccccc5c4)c4ccc5ccccc5c4)ccc32)cc1. The smallest absolute Gasteiger partial charge is 0.0529 e. The van der Waals surface area contributed by atoms with Gasteiger partial charge in [-0.15, -0.1) is 0 Å². The fourth-order valence-corrected chi connectivity index (χ4v) is 5.16. The van der Waals surface area contributed by atoms with Crippen molar-refractivity contribution in [2.75, 3.05) is 4.90 Å². The summed E-state index contributed by atoms with van der Waals surface area (Å²) in [6.07, 6.45) is 2.15. The van der Waals surface area contributed by atoms with Gasteiger partial charge in [0.25, 0.3) is 0 Å². The van der Waals surface area contributed by atoms with Gasteiger partial charge >= 0.3 is 0 Å². The Morgan fingerprint density at radius 3 is 1.50 bits per heavy atom. The quantitative estimate of drug-likeness (QED) is 0.254. The molecule has 2 heteroatoms. The van der Waals surface area contributed by atoms with Gasteiger partial charge in [0.2, 0.25) is 0 Å². The second-order valence-electron chi connectivity index (χ2n) is 9.16. The van der Waals surface area contributed by atoms with E-state index in [4.69, 9.17) is 0 Å². The maximum atomic E-state index is 2.36. The van der Waals surface area contributed by atoms with Gasteiger partial charge in [0, 0.05) is 34.3 Å². The van der Waals surface area contributed by atoms with E-state index in [1.54, 1.807) is 0 Å². The first kappa shape index (κ1) is 20.5. The molecule has 0 aliphatic carbocycles. The Kier molecular flexibility index (Phi) is 4.82. The summed E-state index contributed by atoms with van der Waals surface area (Å²) in [6, 6.07) is 49.9. The summed E-state index contributed by atoms with van der Waals surface area (Å²) in [5.41, 5.74) is 5.79. The summed E-state index contributed by atoms with van der Waals surface area (Å²) < 4.78 is 2.25. The molecule has 2 nitrogen and oxygen atoms in total. The number of nitrogens with zero attached hydrogens (tertiary/aromatic N) is 2. The molecule has 0 fully saturated rings. The summed E-state index contributed by atoms with van der Waals surface area (Å²) in [5.74, 6) is 0. The third kappa shape index (κ3) is 3.52. The van der Waals surface area contributed by atoms with Gasteiger partial charge in [0.15, 0.2) is 0 Å². The van der Waals surface area contributed by atoms with E-state index in [0.717, 1.165) is 17.1 Å². The summed E-state index contributed by atoms with van der Waals surface area (Å²) in [7, 11) is 0. The van der Waals surface area contributed by atoms with Crippen LogP contribution in [0.2, 0.25) is 0 Å². The first-order valence-electron chi connectivity index (χ1n) is 12.3.